The van der Waals surface area contributed by atoms with Gasteiger partial charge in [-0.05, 0) is 37.4 Å². The standard InChI is InChI=1S/C13H17NO2/c1-3-14-13(12(15)16)7-6-10-5-4-9(2)8-11(10)13/h4-5,8,14H,3,6-7H2,1-2H3,(H,15,16). The molecule has 2 N–H and O–H groups in total. The molecule has 1 atom stereocenters. The molecule has 0 bridgehead atoms. The summed E-state index contributed by atoms with van der Waals surface area (Å²) in [5.74, 6) is -0.765. The second-order valence-corrected chi connectivity index (χ2v) is 4.40. The second-order valence-electron chi connectivity index (χ2n) is 4.40. The summed E-state index contributed by atoms with van der Waals surface area (Å²) in [6.07, 6.45) is 1.49. The van der Waals surface area contributed by atoms with Crippen molar-refractivity contribution in [2.45, 2.75) is 32.2 Å². The average molecular weight is 219 g/mol. The van der Waals surface area contributed by atoms with Crippen LogP contribution in [0.2, 0.25) is 0 Å². The minimum Gasteiger partial charge on any atom is -0.480 e. The van der Waals surface area contributed by atoms with Crippen LogP contribution in [-0.2, 0) is 16.8 Å². The Hall–Kier alpha value is -1.35. The van der Waals surface area contributed by atoms with E-state index in [0.29, 0.717) is 13.0 Å². The van der Waals surface area contributed by atoms with Gasteiger partial charge in [-0.2, -0.15) is 0 Å². The predicted molar refractivity (Wildman–Crippen MR) is 62.5 cm³/mol. The number of aliphatic carboxylic acids is 1. The number of rotatable bonds is 3. The number of carbonyl (C=O) groups is 1. The van der Waals surface area contributed by atoms with Crippen LogP contribution in [0, 0.1) is 6.92 Å². The van der Waals surface area contributed by atoms with Gasteiger partial charge in [-0.1, -0.05) is 30.7 Å². The molecule has 1 aromatic rings. The molecule has 0 aliphatic heterocycles. The number of fused-ring (bicyclic) bond motifs is 1. The lowest BCUT2D eigenvalue weighted by Crippen LogP contribution is -2.47. The third kappa shape index (κ3) is 1.52. The lowest BCUT2D eigenvalue weighted by atomic mass is 9.91. The minimum absolute atomic E-state index is 0.648. The lowest BCUT2D eigenvalue weighted by Gasteiger charge is -2.26. The summed E-state index contributed by atoms with van der Waals surface area (Å²) in [4.78, 5) is 11.5. The maximum absolute atomic E-state index is 11.5. The summed E-state index contributed by atoms with van der Waals surface area (Å²) in [5, 5.41) is 12.6. The molecular formula is C13H17NO2. The lowest BCUT2D eigenvalue weighted by molar-refractivity contribution is -0.145. The quantitative estimate of drug-likeness (QED) is 0.815. The molecule has 0 amide bonds. The fourth-order valence-electron chi connectivity index (χ4n) is 2.55. The maximum Gasteiger partial charge on any atom is 0.328 e. The monoisotopic (exact) mass is 219 g/mol. The van der Waals surface area contributed by atoms with Gasteiger partial charge in [0.1, 0.15) is 5.54 Å². The molecule has 16 heavy (non-hydrogen) atoms. The van der Waals surface area contributed by atoms with Gasteiger partial charge in [-0.3, -0.25) is 5.32 Å². The Morgan fingerprint density at radius 2 is 2.31 bits per heavy atom. The highest BCUT2D eigenvalue weighted by Gasteiger charge is 2.44. The normalized spacial score (nSPS) is 23.1. The van der Waals surface area contributed by atoms with E-state index in [-0.39, 0.29) is 0 Å². The Balaban J connectivity index is 2.53. The van der Waals surface area contributed by atoms with E-state index in [1.165, 1.54) is 0 Å². The molecule has 0 saturated heterocycles. The number of nitrogens with one attached hydrogen (secondary N) is 1. The third-order valence-corrected chi connectivity index (χ3v) is 3.34. The number of likely N-dealkylation sites (N-methyl/N-ethyl adjacent to an activating group) is 1. The second kappa shape index (κ2) is 3.91. The van der Waals surface area contributed by atoms with E-state index < -0.39 is 11.5 Å². The van der Waals surface area contributed by atoms with E-state index in [4.69, 9.17) is 0 Å². The summed E-state index contributed by atoms with van der Waals surface area (Å²) in [5.41, 5.74) is 2.36. The van der Waals surface area contributed by atoms with E-state index in [2.05, 4.69) is 5.32 Å². The van der Waals surface area contributed by atoms with Crippen molar-refractivity contribution in [3.8, 4) is 0 Å². The molecule has 0 aromatic heterocycles. The predicted octanol–water partition coefficient (Wildman–Crippen LogP) is 1.83. The van der Waals surface area contributed by atoms with Crippen LogP contribution >= 0.6 is 0 Å². The fourth-order valence-corrected chi connectivity index (χ4v) is 2.55. The smallest absolute Gasteiger partial charge is 0.328 e. The summed E-state index contributed by atoms with van der Waals surface area (Å²) < 4.78 is 0. The molecule has 0 fully saturated rings. The number of carboxylic acids is 1. The highest BCUT2D eigenvalue weighted by atomic mass is 16.4. The maximum atomic E-state index is 11.5. The fraction of sp³-hybridized carbons (Fsp3) is 0.462. The van der Waals surface area contributed by atoms with Gasteiger partial charge >= 0.3 is 5.97 Å². The van der Waals surface area contributed by atoms with Gasteiger partial charge in [-0.15, -0.1) is 0 Å². The molecule has 86 valence electrons. The molecule has 0 heterocycles. The molecule has 1 aliphatic rings. The summed E-state index contributed by atoms with van der Waals surface area (Å²) in [7, 11) is 0. The molecule has 1 unspecified atom stereocenters. The zero-order chi connectivity index (χ0) is 11.8. The van der Waals surface area contributed by atoms with Crippen molar-refractivity contribution in [3.05, 3.63) is 34.9 Å². The van der Waals surface area contributed by atoms with Crippen molar-refractivity contribution in [3.63, 3.8) is 0 Å². The summed E-state index contributed by atoms with van der Waals surface area (Å²) >= 11 is 0. The molecule has 0 radical (unpaired) electrons. The van der Waals surface area contributed by atoms with Gasteiger partial charge in [0.25, 0.3) is 0 Å². The number of carboxylic acid groups (broad SMARTS) is 1. The zero-order valence-corrected chi connectivity index (χ0v) is 9.71. The van der Waals surface area contributed by atoms with Crippen LogP contribution in [0.25, 0.3) is 0 Å². The number of hydrogen-bond donors (Lipinski definition) is 2. The Morgan fingerprint density at radius 3 is 2.94 bits per heavy atom. The van der Waals surface area contributed by atoms with Crippen molar-refractivity contribution in [2.24, 2.45) is 0 Å². The van der Waals surface area contributed by atoms with Crippen molar-refractivity contribution in [1.29, 1.82) is 0 Å². The van der Waals surface area contributed by atoms with Crippen molar-refractivity contribution >= 4 is 5.97 Å². The molecule has 3 heteroatoms. The minimum atomic E-state index is -0.865. The first-order valence-corrected chi connectivity index (χ1v) is 5.68. The van der Waals surface area contributed by atoms with E-state index in [1.54, 1.807) is 0 Å². The van der Waals surface area contributed by atoms with Crippen LogP contribution in [0.5, 0.6) is 0 Å². The van der Waals surface area contributed by atoms with Crippen LogP contribution in [0.15, 0.2) is 18.2 Å². The van der Waals surface area contributed by atoms with Gasteiger partial charge < -0.3 is 5.11 Å². The van der Waals surface area contributed by atoms with Crippen LogP contribution in [0.4, 0.5) is 0 Å². The Bertz CT molecular complexity index is 424. The third-order valence-electron chi connectivity index (χ3n) is 3.34. The molecule has 0 spiro atoms. The number of aryl methyl sites for hydroxylation is 2. The average Bonchev–Trinajstić information content (AvgIpc) is 2.59. The van der Waals surface area contributed by atoms with Gasteiger partial charge in [0.15, 0.2) is 0 Å². The van der Waals surface area contributed by atoms with E-state index in [1.807, 2.05) is 32.0 Å². The van der Waals surface area contributed by atoms with Crippen LogP contribution in [0.1, 0.15) is 30.0 Å². The van der Waals surface area contributed by atoms with E-state index >= 15 is 0 Å². The number of benzene rings is 1. The molecule has 3 nitrogen and oxygen atoms in total. The van der Waals surface area contributed by atoms with Crippen LogP contribution in [-0.4, -0.2) is 17.6 Å². The Kier molecular flexibility index (Phi) is 2.72. The topological polar surface area (TPSA) is 49.3 Å². The molecule has 1 aromatic carbocycles. The van der Waals surface area contributed by atoms with Crippen molar-refractivity contribution < 1.29 is 9.90 Å². The first kappa shape index (κ1) is 11.1. The summed E-state index contributed by atoms with van der Waals surface area (Å²) in [6.45, 7) is 4.61. The van der Waals surface area contributed by atoms with Gasteiger partial charge in [0.05, 0.1) is 0 Å². The van der Waals surface area contributed by atoms with E-state index in [9.17, 15) is 9.90 Å². The Morgan fingerprint density at radius 1 is 1.56 bits per heavy atom. The van der Waals surface area contributed by atoms with Gasteiger partial charge in [0.2, 0.25) is 0 Å². The molecule has 1 aliphatic carbocycles. The largest absolute Gasteiger partial charge is 0.480 e. The van der Waals surface area contributed by atoms with Crippen molar-refractivity contribution in [1.82, 2.24) is 5.32 Å². The molecule has 2 rings (SSSR count). The van der Waals surface area contributed by atoms with Gasteiger partial charge in [0, 0.05) is 0 Å². The van der Waals surface area contributed by atoms with Crippen LogP contribution < -0.4 is 5.32 Å². The SMILES string of the molecule is CCNC1(C(=O)O)CCc2ccc(C)cc21. The number of hydrogen-bond acceptors (Lipinski definition) is 2. The van der Waals surface area contributed by atoms with Crippen molar-refractivity contribution in [2.75, 3.05) is 6.54 Å². The van der Waals surface area contributed by atoms with Crippen LogP contribution in [0.3, 0.4) is 0 Å². The van der Waals surface area contributed by atoms with Gasteiger partial charge in [-0.25, -0.2) is 4.79 Å². The summed E-state index contributed by atoms with van der Waals surface area (Å²) in [6, 6.07) is 6.09. The first-order chi connectivity index (χ1) is 7.60. The highest BCUT2D eigenvalue weighted by molar-refractivity contribution is 5.82. The molecule has 0 saturated carbocycles. The highest BCUT2D eigenvalue weighted by Crippen LogP contribution is 2.37. The first-order valence-electron chi connectivity index (χ1n) is 5.68. The molecular weight excluding hydrogens is 202 g/mol. The Labute approximate surface area is 95.5 Å². The zero-order valence-electron chi connectivity index (χ0n) is 9.71. The van der Waals surface area contributed by atoms with E-state index in [0.717, 1.165) is 23.1 Å².